The number of benzene rings is 2. The van der Waals surface area contributed by atoms with Gasteiger partial charge in [0.2, 0.25) is 29.5 Å². The number of rotatable bonds is 23. The number of fused-ring (bicyclic) bond motifs is 2. The van der Waals surface area contributed by atoms with E-state index >= 15 is 0 Å². The van der Waals surface area contributed by atoms with Gasteiger partial charge in [0.25, 0.3) is 0 Å². The van der Waals surface area contributed by atoms with Crippen LogP contribution in [0.1, 0.15) is 78.4 Å². The van der Waals surface area contributed by atoms with Gasteiger partial charge in [-0.15, -0.1) is 0 Å². The summed E-state index contributed by atoms with van der Waals surface area (Å²) in [5.41, 5.74) is 9.46. The number of nitrogens with one attached hydrogen (secondary N) is 7. The summed E-state index contributed by atoms with van der Waals surface area (Å²) < 4.78 is 0. The van der Waals surface area contributed by atoms with Crippen molar-refractivity contribution in [2.45, 2.75) is 116 Å². The van der Waals surface area contributed by atoms with Gasteiger partial charge in [0.05, 0.1) is 12.5 Å². The van der Waals surface area contributed by atoms with Crippen molar-refractivity contribution in [2.24, 2.45) is 23.5 Å². The standard InChI is InChI=1S/C44H60N8O9/c1-7-24(5)37(42(58)50-35(44(60)61)19-27-22-47-32-16-12-10-14-29(27)32)52-43(59)38(25(6)8-2)51-41(57)34(20-36(53)54)49-40(56)33(17-23(3)4)48-39(55)30(45)18-26-21-46-31-15-11-9-13-28(26)31/h9-16,21-25,30,33-35,37-38,46-47H,7-8,17-20,45H2,1-6H3,(H,48,55)(H,49,56)(H,50,58)(H,51,57)(H,52,59)(H,53,54)(H,60,61)/t24-,25-,30+,33-,34-,35-,37-,38-/m0/s1. The molecule has 0 saturated carbocycles. The average molecular weight is 845 g/mol. The summed E-state index contributed by atoms with van der Waals surface area (Å²) in [5.74, 6) is -7.71. The molecule has 4 aromatic rings. The Morgan fingerprint density at radius 3 is 1.52 bits per heavy atom. The number of para-hydroxylation sites is 2. The Balaban J connectivity index is 1.48. The minimum absolute atomic E-state index is 0.0337. The van der Waals surface area contributed by atoms with Crippen LogP contribution in [-0.4, -0.2) is 97.9 Å². The Labute approximate surface area is 354 Å². The topological polar surface area (TPSA) is 278 Å². The number of carboxylic acids is 2. The van der Waals surface area contributed by atoms with Gasteiger partial charge < -0.3 is 52.5 Å². The molecule has 0 fully saturated rings. The zero-order valence-electron chi connectivity index (χ0n) is 35.5. The molecule has 4 rings (SSSR count). The highest BCUT2D eigenvalue weighted by Gasteiger charge is 2.37. The minimum Gasteiger partial charge on any atom is -0.481 e. The van der Waals surface area contributed by atoms with Gasteiger partial charge in [-0.1, -0.05) is 90.8 Å². The van der Waals surface area contributed by atoms with Crippen molar-refractivity contribution in [2.75, 3.05) is 0 Å². The molecule has 0 aliphatic rings. The van der Waals surface area contributed by atoms with E-state index in [1.165, 1.54) is 0 Å². The average Bonchev–Trinajstić information content (AvgIpc) is 3.83. The second-order valence-electron chi connectivity index (χ2n) is 16.2. The normalized spacial score (nSPS) is 15.4. The summed E-state index contributed by atoms with van der Waals surface area (Å²) in [6.45, 7) is 10.6. The van der Waals surface area contributed by atoms with Gasteiger partial charge in [0, 0.05) is 40.6 Å². The number of carboxylic acid groups (broad SMARTS) is 2. The summed E-state index contributed by atoms with van der Waals surface area (Å²) in [7, 11) is 0. The first kappa shape index (κ1) is 47.4. The third-order valence-corrected chi connectivity index (χ3v) is 11.1. The van der Waals surface area contributed by atoms with Crippen molar-refractivity contribution in [3.05, 3.63) is 72.1 Å². The van der Waals surface area contributed by atoms with Crippen molar-refractivity contribution < 1.29 is 43.8 Å². The number of H-pyrrole nitrogens is 2. The van der Waals surface area contributed by atoms with E-state index in [1.54, 1.807) is 40.1 Å². The van der Waals surface area contributed by atoms with Crippen LogP contribution in [-0.2, 0) is 46.4 Å². The molecular formula is C44H60N8O9. The van der Waals surface area contributed by atoms with Crippen LogP contribution in [0.4, 0.5) is 0 Å². The van der Waals surface area contributed by atoms with Crippen molar-refractivity contribution in [3.63, 3.8) is 0 Å². The molecule has 5 amide bonds. The van der Waals surface area contributed by atoms with Crippen molar-refractivity contribution in [1.82, 2.24) is 36.6 Å². The fraction of sp³-hybridized carbons (Fsp3) is 0.477. The molecule has 0 radical (unpaired) electrons. The summed E-state index contributed by atoms with van der Waals surface area (Å²) in [4.78, 5) is 99.3. The monoisotopic (exact) mass is 844 g/mol. The Hall–Kier alpha value is -6.23. The lowest BCUT2D eigenvalue weighted by Gasteiger charge is -2.30. The van der Waals surface area contributed by atoms with Crippen LogP contribution in [0, 0.1) is 17.8 Å². The summed E-state index contributed by atoms with van der Waals surface area (Å²) in [5, 5.41) is 34.6. The van der Waals surface area contributed by atoms with E-state index in [1.807, 2.05) is 62.4 Å². The highest BCUT2D eigenvalue weighted by atomic mass is 16.4. The molecule has 0 spiro atoms. The van der Waals surface area contributed by atoms with Crippen molar-refractivity contribution in [3.8, 4) is 0 Å². The maximum Gasteiger partial charge on any atom is 0.326 e. The Bertz CT molecular complexity index is 2180. The molecule has 8 atom stereocenters. The largest absolute Gasteiger partial charge is 0.481 e. The molecule has 330 valence electrons. The zero-order valence-corrected chi connectivity index (χ0v) is 35.5. The third kappa shape index (κ3) is 12.9. The molecule has 0 unspecified atom stereocenters. The van der Waals surface area contributed by atoms with Gasteiger partial charge in [-0.25, -0.2) is 4.79 Å². The number of nitrogens with two attached hydrogens (primary N) is 1. The second kappa shape index (κ2) is 21.9. The lowest BCUT2D eigenvalue weighted by molar-refractivity contribution is -0.142. The molecule has 2 aromatic carbocycles. The number of aromatic amines is 2. The van der Waals surface area contributed by atoms with Crippen LogP contribution in [0.15, 0.2) is 60.9 Å². The Morgan fingerprint density at radius 2 is 1.03 bits per heavy atom. The summed E-state index contributed by atoms with van der Waals surface area (Å²) in [6.07, 6.45) is 3.67. The molecule has 2 heterocycles. The highest BCUT2D eigenvalue weighted by Crippen LogP contribution is 2.21. The quantitative estimate of drug-likeness (QED) is 0.0521. The summed E-state index contributed by atoms with van der Waals surface area (Å²) in [6, 6.07) is 7.17. The molecule has 17 nitrogen and oxygen atoms in total. The molecule has 0 aliphatic carbocycles. The molecule has 0 saturated heterocycles. The first-order chi connectivity index (χ1) is 28.9. The Morgan fingerprint density at radius 1 is 0.590 bits per heavy atom. The van der Waals surface area contributed by atoms with Crippen LogP contribution in [0.2, 0.25) is 0 Å². The lowest BCUT2D eigenvalue weighted by atomic mass is 9.94. The predicted molar refractivity (Wildman–Crippen MR) is 230 cm³/mol. The zero-order chi connectivity index (χ0) is 45.0. The maximum atomic E-state index is 14.0. The molecule has 11 N–H and O–H groups in total. The van der Waals surface area contributed by atoms with E-state index in [2.05, 4.69) is 36.6 Å². The molecule has 0 aliphatic heterocycles. The van der Waals surface area contributed by atoms with E-state index in [9.17, 15) is 43.8 Å². The number of hydrogen-bond donors (Lipinski definition) is 10. The van der Waals surface area contributed by atoms with Crippen LogP contribution >= 0.6 is 0 Å². The van der Waals surface area contributed by atoms with E-state index in [-0.39, 0.29) is 25.2 Å². The lowest BCUT2D eigenvalue weighted by Crippen LogP contribution is -2.61. The van der Waals surface area contributed by atoms with Gasteiger partial charge >= 0.3 is 11.9 Å². The number of carbonyl (C=O) groups excluding carboxylic acids is 5. The van der Waals surface area contributed by atoms with Gasteiger partial charge in [-0.3, -0.25) is 28.8 Å². The number of hydrogen-bond acceptors (Lipinski definition) is 8. The molecule has 0 bridgehead atoms. The Kier molecular flexibility index (Phi) is 17.0. The molecular weight excluding hydrogens is 785 g/mol. The molecule has 17 heteroatoms. The van der Waals surface area contributed by atoms with Crippen LogP contribution in [0.3, 0.4) is 0 Å². The van der Waals surface area contributed by atoms with Crippen LogP contribution < -0.4 is 32.3 Å². The second-order valence-corrected chi connectivity index (χ2v) is 16.2. The smallest absolute Gasteiger partial charge is 0.326 e. The SMILES string of the molecule is CC[C@H](C)[C@H](NC(=O)[C@H](CC(=O)O)NC(=O)[C@H](CC(C)C)NC(=O)[C@H](N)Cc1c[nH]c2ccccc12)C(=O)N[C@H](C(=O)N[C@@H](Cc1c[nH]c2ccccc12)C(=O)O)[C@@H](C)CC. The predicted octanol–water partition coefficient (Wildman–Crippen LogP) is 2.88. The fourth-order valence-corrected chi connectivity index (χ4v) is 7.15. The van der Waals surface area contributed by atoms with Crippen LogP contribution in [0.25, 0.3) is 21.8 Å². The number of carbonyl (C=O) groups is 7. The highest BCUT2D eigenvalue weighted by molar-refractivity contribution is 5.98. The number of aromatic nitrogens is 2. The van der Waals surface area contributed by atoms with E-state index in [4.69, 9.17) is 5.73 Å². The maximum absolute atomic E-state index is 14.0. The van der Waals surface area contributed by atoms with Gasteiger partial charge in [0.15, 0.2) is 0 Å². The molecule has 61 heavy (non-hydrogen) atoms. The first-order valence-corrected chi connectivity index (χ1v) is 20.8. The first-order valence-electron chi connectivity index (χ1n) is 20.8. The summed E-state index contributed by atoms with van der Waals surface area (Å²) >= 11 is 0. The third-order valence-electron chi connectivity index (χ3n) is 11.1. The van der Waals surface area contributed by atoms with Crippen molar-refractivity contribution >= 4 is 63.3 Å². The minimum atomic E-state index is -1.66. The van der Waals surface area contributed by atoms with Gasteiger partial charge in [-0.2, -0.15) is 0 Å². The number of amides is 5. The van der Waals surface area contributed by atoms with E-state index < -0.39 is 96.0 Å². The van der Waals surface area contributed by atoms with Gasteiger partial charge in [-0.05, 0) is 53.9 Å². The van der Waals surface area contributed by atoms with Crippen molar-refractivity contribution in [1.29, 1.82) is 0 Å². The van der Waals surface area contributed by atoms with Crippen LogP contribution in [0.5, 0.6) is 0 Å². The fourth-order valence-electron chi connectivity index (χ4n) is 7.15. The van der Waals surface area contributed by atoms with E-state index in [0.717, 1.165) is 27.4 Å². The van der Waals surface area contributed by atoms with E-state index in [0.29, 0.717) is 18.4 Å². The number of aliphatic carboxylic acids is 2. The molecule has 2 aromatic heterocycles. The van der Waals surface area contributed by atoms with Gasteiger partial charge in [0.1, 0.15) is 30.2 Å².